The van der Waals surface area contributed by atoms with Crippen molar-refractivity contribution in [3.63, 3.8) is 0 Å². The maximum Gasteiger partial charge on any atom is 0.269 e. The van der Waals surface area contributed by atoms with Crippen molar-refractivity contribution < 1.29 is 13.0 Å². The molecular weight excluding hydrogens is 250 g/mol. The summed E-state index contributed by atoms with van der Waals surface area (Å²) in [5.41, 5.74) is 0.593. The largest absolute Gasteiger partial charge is 0.312 e. The fourth-order valence-corrected chi connectivity index (χ4v) is 2.55. The monoisotopic (exact) mass is 271 g/mol. The second kappa shape index (κ2) is 6.87. The van der Waals surface area contributed by atoms with E-state index in [4.69, 9.17) is 4.55 Å². The molecule has 5 heteroatoms. The minimum atomic E-state index is -3.88. The number of rotatable bonds is 2. The molecule has 1 heterocycles. The normalized spacial score (nSPS) is 23.3. The Hall–Kier alpha value is -0.910. The van der Waals surface area contributed by atoms with Gasteiger partial charge in [0.2, 0.25) is 0 Å². The summed E-state index contributed by atoms with van der Waals surface area (Å²) in [5.74, 6) is -0.312. The number of nitrogens with one attached hydrogen (secondary N) is 1. The zero-order valence-corrected chi connectivity index (χ0v) is 11.7. The summed E-state index contributed by atoms with van der Waals surface area (Å²) in [4.78, 5) is 0. The van der Waals surface area contributed by atoms with Gasteiger partial charge in [-0.3, -0.25) is 4.55 Å². The van der Waals surface area contributed by atoms with Crippen LogP contribution in [0.2, 0.25) is 0 Å². The molecule has 2 atom stereocenters. The molecule has 0 amide bonds. The van der Waals surface area contributed by atoms with Crippen LogP contribution < -0.4 is 5.32 Å². The summed E-state index contributed by atoms with van der Waals surface area (Å²) in [5, 5.41) is 3.42. The minimum Gasteiger partial charge on any atom is -0.312 e. The van der Waals surface area contributed by atoms with Crippen LogP contribution in [-0.4, -0.2) is 25.1 Å². The van der Waals surface area contributed by atoms with Crippen molar-refractivity contribution in [2.24, 2.45) is 0 Å². The molecule has 0 unspecified atom stereocenters. The molecular formula is C13H21NO3S. The fourth-order valence-electron chi connectivity index (χ4n) is 1.94. The van der Waals surface area contributed by atoms with Crippen molar-refractivity contribution in [2.75, 3.05) is 0 Å². The summed E-state index contributed by atoms with van der Waals surface area (Å²) in [6, 6.07) is 10.1. The van der Waals surface area contributed by atoms with Crippen molar-refractivity contribution in [3.8, 4) is 0 Å². The molecule has 0 bridgehead atoms. The summed E-state index contributed by atoms with van der Waals surface area (Å²) in [7, 11) is -3.88. The molecule has 18 heavy (non-hydrogen) atoms. The van der Waals surface area contributed by atoms with Gasteiger partial charge in [0.1, 0.15) is 5.75 Å². The Bertz CT molecular complexity index is 437. The Kier molecular flexibility index (Phi) is 5.78. The van der Waals surface area contributed by atoms with Gasteiger partial charge in [-0.05, 0) is 32.3 Å². The second-order valence-electron chi connectivity index (χ2n) is 4.76. The lowest BCUT2D eigenvalue weighted by Crippen LogP contribution is -2.23. The lowest BCUT2D eigenvalue weighted by atomic mass is 10.2. The SMILES string of the molecule is C[C@@H]1CC[C@H](C)N1.O=S(=O)(O)Cc1ccccc1. The van der Waals surface area contributed by atoms with Crippen LogP contribution in [0.5, 0.6) is 0 Å². The van der Waals surface area contributed by atoms with Gasteiger partial charge in [-0.25, -0.2) is 0 Å². The summed E-state index contributed by atoms with van der Waals surface area (Å²) < 4.78 is 29.2. The van der Waals surface area contributed by atoms with E-state index in [0.717, 1.165) is 12.1 Å². The molecule has 0 spiro atoms. The van der Waals surface area contributed by atoms with Crippen LogP contribution in [0.1, 0.15) is 32.3 Å². The standard InChI is InChI=1S/C7H8O3S.C6H13N/c8-11(9,10)6-7-4-2-1-3-5-7;1-5-3-4-6(2)7-5/h1-5H,6H2,(H,8,9,10);5-7H,3-4H2,1-2H3/t;5-,6+. The van der Waals surface area contributed by atoms with Crippen LogP contribution in [0, 0.1) is 0 Å². The first-order chi connectivity index (χ1) is 8.37. The fraction of sp³-hybridized carbons (Fsp3) is 0.538. The molecule has 0 radical (unpaired) electrons. The molecule has 1 aromatic carbocycles. The van der Waals surface area contributed by atoms with Crippen LogP contribution in [0.25, 0.3) is 0 Å². The maximum absolute atomic E-state index is 10.4. The first-order valence-electron chi connectivity index (χ1n) is 6.12. The van der Waals surface area contributed by atoms with Gasteiger partial charge in [0.25, 0.3) is 10.1 Å². The van der Waals surface area contributed by atoms with Crippen molar-refractivity contribution >= 4 is 10.1 Å². The molecule has 1 aromatic rings. The third kappa shape index (κ3) is 6.74. The molecule has 1 fully saturated rings. The van der Waals surface area contributed by atoms with Gasteiger partial charge in [-0.2, -0.15) is 8.42 Å². The second-order valence-corrected chi connectivity index (χ2v) is 6.21. The Morgan fingerprint density at radius 2 is 1.67 bits per heavy atom. The first-order valence-corrected chi connectivity index (χ1v) is 7.73. The molecule has 1 aliphatic heterocycles. The summed E-state index contributed by atoms with van der Waals surface area (Å²) in [6.45, 7) is 4.48. The molecule has 2 rings (SSSR count). The molecule has 102 valence electrons. The average Bonchev–Trinajstić information content (AvgIpc) is 2.62. The van der Waals surface area contributed by atoms with Crippen molar-refractivity contribution in [3.05, 3.63) is 35.9 Å². The number of benzene rings is 1. The van der Waals surface area contributed by atoms with Gasteiger partial charge in [-0.15, -0.1) is 0 Å². The number of hydrogen-bond acceptors (Lipinski definition) is 3. The summed E-state index contributed by atoms with van der Waals surface area (Å²) in [6.07, 6.45) is 2.72. The number of hydrogen-bond donors (Lipinski definition) is 2. The van der Waals surface area contributed by atoms with E-state index in [1.54, 1.807) is 30.3 Å². The molecule has 4 nitrogen and oxygen atoms in total. The highest BCUT2D eigenvalue weighted by atomic mass is 32.2. The van der Waals surface area contributed by atoms with Crippen LogP contribution in [-0.2, 0) is 15.9 Å². The van der Waals surface area contributed by atoms with E-state index in [2.05, 4.69) is 19.2 Å². The van der Waals surface area contributed by atoms with E-state index >= 15 is 0 Å². The highest BCUT2D eigenvalue weighted by Crippen LogP contribution is 2.09. The lowest BCUT2D eigenvalue weighted by molar-refractivity contribution is 0.482. The van der Waals surface area contributed by atoms with Crippen LogP contribution in [0.4, 0.5) is 0 Å². The molecule has 1 saturated heterocycles. The van der Waals surface area contributed by atoms with Gasteiger partial charge in [0.15, 0.2) is 0 Å². The van der Waals surface area contributed by atoms with Crippen molar-refractivity contribution in [1.29, 1.82) is 0 Å². The van der Waals surface area contributed by atoms with Gasteiger partial charge >= 0.3 is 0 Å². The van der Waals surface area contributed by atoms with Crippen LogP contribution in [0.15, 0.2) is 30.3 Å². The van der Waals surface area contributed by atoms with Gasteiger partial charge < -0.3 is 5.32 Å². The minimum absolute atomic E-state index is 0.312. The van der Waals surface area contributed by atoms with Crippen molar-refractivity contribution in [2.45, 2.75) is 44.5 Å². The third-order valence-electron chi connectivity index (χ3n) is 2.79. The Labute approximate surface area is 109 Å². The lowest BCUT2D eigenvalue weighted by Gasteiger charge is -2.01. The van der Waals surface area contributed by atoms with E-state index < -0.39 is 10.1 Å². The topological polar surface area (TPSA) is 66.4 Å². The quantitative estimate of drug-likeness (QED) is 0.809. The average molecular weight is 271 g/mol. The van der Waals surface area contributed by atoms with E-state index in [1.165, 1.54) is 12.8 Å². The van der Waals surface area contributed by atoms with Gasteiger partial charge in [0, 0.05) is 12.1 Å². The molecule has 1 aliphatic rings. The Balaban J connectivity index is 0.000000199. The van der Waals surface area contributed by atoms with E-state index in [0.29, 0.717) is 5.56 Å². The summed E-state index contributed by atoms with van der Waals surface area (Å²) >= 11 is 0. The zero-order valence-electron chi connectivity index (χ0n) is 10.8. The first kappa shape index (κ1) is 15.1. The smallest absolute Gasteiger partial charge is 0.269 e. The predicted octanol–water partition coefficient (Wildman–Crippen LogP) is 2.22. The van der Waals surface area contributed by atoms with Gasteiger partial charge in [-0.1, -0.05) is 30.3 Å². The highest BCUT2D eigenvalue weighted by Gasteiger charge is 2.14. The van der Waals surface area contributed by atoms with Gasteiger partial charge in [0.05, 0.1) is 0 Å². The molecule has 0 aliphatic carbocycles. The van der Waals surface area contributed by atoms with E-state index in [9.17, 15) is 8.42 Å². The Morgan fingerprint density at radius 1 is 1.17 bits per heavy atom. The van der Waals surface area contributed by atoms with Crippen LogP contribution >= 0.6 is 0 Å². The predicted molar refractivity (Wildman–Crippen MR) is 73.0 cm³/mol. The highest BCUT2D eigenvalue weighted by molar-refractivity contribution is 7.85. The third-order valence-corrected chi connectivity index (χ3v) is 3.49. The molecule has 0 aromatic heterocycles. The Morgan fingerprint density at radius 3 is 2.00 bits per heavy atom. The van der Waals surface area contributed by atoms with Crippen molar-refractivity contribution in [1.82, 2.24) is 5.32 Å². The van der Waals surface area contributed by atoms with Crippen LogP contribution in [0.3, 0.4) is 0 Å². The maximum atomic E-state index is 10.4. The molecule has 2 N–H and O–H groups in total. The zero-order chi connectivity index (χ0) is 13.6. The van der Waals surface area contributed by atoms with E-state index in [-0.39, 0.29) is 5.75 Å². The molecule has 0 saturated carbocycles. The van der Waals surface area contributed by atoms with E-state index in [1.807, 2.05) is 0 Å².